The lowest BCUT2D eigenvalue weighted by molar-refractivity contribution is 0.0982. The molecule has 0 saturated heterocycles. The summed E-state index contributed by atoms with van der Waals surface area (Å²) >= 11 is 0. The second-order valence-electron chi connectivity index (χ2n) is 4.83. The van der Waals surface area contributed by atoms with Crippen LogP contribution < -0.4 is 5.32 Å². The monoisotopic (exact) mass is 233 g/mol. The highest BCUT2D eigenvalue weighted by Crippen LogP contribution is 2.12. The van der Waals surface area contributed by atoms with Crippen LogP contribution in [-0.4, -0.2) is 18.9 Å². The third-order valence-electron chi connectivity index (χ3n) is 2.67. The molecule has 94 valence electrons. The van der Waals surface area contributed by atoms with Crippen molar-refractivity contribution in [1.82, 2.24) is 5.32 Å². The molecule has 0 aliphatic carbocycles. The van der Waals surface area contributed by atoms with Gasteiger partial charge in [0, 0.05) is 18.5 Å². The fraction of sp³-hybridized carbons (Fsp3) is 0.533. The van der Waals surface area contributed by atoms with Crippen LogP contribution in [0.4, 0.5) is 0 Å². The van der Waals surface area contributed by atoms with E-state index in [2.05, 4.69) is 25.2 Å². The van der Waals surface area contributed by atoms with Crippen molar-refractivity contribution in [3.05, 3.63) is 35.4 Å². The SMILES string of the molecule is CCNCCC(=O)c1cccc(CC(C)C)c1. The Kier molecular flexibility index (Phi) is 5.92. The van der Waals surface area contributed by atoms with E-state index in [0.717, 1.165) is 25.1 Å². The fourth-order valence-electron chi connectivity index (χ4n) is 1.87. The van der Waals surface area contributed by atoms with Crippen molar-refractivity contribution in [2.75, 3.05) is 13.1 Å². The van der Waals surface area contributed by atoms with Crippen LogP contribution in [0, 0.1) is 5.92 Å². The fourth-order valence-corrected chi connectivity index (χ4v) is 1.87. The van der Waals surface area contributed by atoms with Crippen LogP contribution in [0.25, 0.3) is 0 Å². The van der Waals surface area contributed by atoms with Crippen molar-refractivity contribution in [2.45, 2.75) is 33.6 Å². The summed E-state index contributed by atoms with van der Waals surface area (Å²) in [5.74, 6) is 0.860. The van der Waals surface area contributed by atoms with Gasteiger partial charge < -0.3 is 5.32 Å². The van der Waals surface area contributed by atoms with E-state index in [-0.39, 0.29) is 5.78 Å². The molecule has 0 aliphatic heterocycles. The normalized spacial score (nSPS) is 10.8. The molecule has 2 heteroatoms. The number of hydrogen-bond acceptors (Lipinski definition) is 2. The standard InChI is InChI=1S/C15H23NO/c1-4-16-9-8-15(17)14-7-5-6-13(11-14)10-12(2)3/h5-7,11-12,16H,4,8-10H2,1-3H3. The van der Waals surface area contributed by atoms with Crippen LogP contribution in [0.15, 0.2) is 24.3 Å². The number of hydrogen-bond donors (Lipinski definition) is 1. The molecule has 0 aromatic heterocycles. The van der Waals surface area contributed by atoms with E-state index in [9.17, 15) is 4.79 Å². The van der Waals surface area contributed by atoms with Gasteiger partial charge in [-0.1, -0.05) is 39.0 Å². The molecule has 0 saturated carbocycles. The van der Waals surface area contributed by atoms with Gasteiger partial charge in [0.05, 0.1) is 0 Å². The van der Waals surface area contributed by atoms with E-state index in [1.165, 1.54) is 5.56 Å². The first-order valence-corrected chi connectivity index (χ1v) is 6.46. The van der Waals surface area contributed by atoms with Gasteiger partial charge in [-0.25, -0.2) is 0 Å². The predicted octanol–water partition coefficient (Wildman–Crippen LogP) is 3.07. The molecular weight excluding hydrogens is 210 g/mol. The number of benzene rings is 1. The van der Waals surface area contributed by atoms with Crippen molar-refractivity contribution in [3.8, 4) is 0 Å². The van der Waals surface area contributed by atoms with Gasteiger partial charge in [-0.05, 0) is 30.5 Å². The van der Waals surface area contributed by atoms with Crippen LogP contribution in [0.2, 0.25) is 0 Å². The summed E-state index contributed by atoms with van der Waals surface area (Å²) in [6, 6.07) is 8.03. The lowest BCUT2D eigenvalue weighted by Crippen LogP contribution is -2.17. The molecule has 1 rings (SSSR count). The molecule has 2 nitrogen and oxygen atoms in total. The maximum Gasteiger partial charge on any atom is 0.164 e. The zero-order valence-corrected chi connectivity index (χ0v) is 11.1. The van der Waals surface area contributed by atoms with Crippen LogP contribution in [0.5, 0.6) is 0 Å². The maximum absolute atomic E-state index is 11.9. The molecule has 17 heavy (non-hydrogen) atoms. The van der Waals surface area contributed by atoms with Gasteiger partial charge in [0.2, 0.25) is 0 Å². The minimum atomic E-state index is 0.233. The number of Topliss-reactive ketones (excluding diaryl/α,β-unsaturated/α-hetero) is 1. The summed E-state index contributed by atoms with van der Waals surface area (Å²) in [5.41, 5.74) is 2.11. The van der Waals surface area contributed by atoms with Crippen LogP contribution in [0.3, 0.4) is 0 Å². The summed E-state index contributed by atoms with van der Waals surface area (Å²) in [4.78, 5) is 11.9. The zero-order valence-electron chi connectivity index (χ0n) is 11.1. The Morgan fingerprint density at radius 2 is 2.12 bits per heavy atom. The minimum Gasteiger partial charge on any atom is -0.317 e. The van der Waals surface area contributed by atoms with Crippen LogP contribution >= 0.6 is 0 Å². The number of carbonyl (C=O) groups excluding carboxylic acids is 1. The summed E-state index contributed by atoms with van der Waals surface area (Å²) < 4.78 is 0. The second kappa shape index (κ2) is 7.23. The first-order valence-electron chi connectivity index (χ1n) is 6.46. The third kappa shape index (κ3) is 5.14. The molecular formula is C15H23NO. The Hall–Kier alpha value is -1.15. The molecule has 0 fully saturated rings. The van der Waals surface area contributed by atoms with Crippen LogP contribution in [-0.2, 0) is 6.42 Å². The van der Waals surface area contributed by atoms with Crippen molar-refractivity contribution in [1.29, 1.82) is 0 Å². The van der Waals surface area contributed by atoms with Gasteiger partial charge in [-0.15, -0.1) is 0 Å². The van der Waals surface area contributed by atoms with Gasteiger partial charge in [-0.2, -0.15) is 0 Å². The predicted molar refractivity (Wildman–Crippen MR) is 72.5 cm³/mol. The van der Waals surface area contributed by atoms with Gasteiger partial charge in [0.15, 0.2) is 5.78 Å². The highest BCUT2D eigenvalue weighted by atomic mass is 16.1. The van der Waals surface area contributed by atoms with Crippen LogP contribution in [0.1, 0.15) is 43.1 Å². The van der Waals surface area contributed by atoms with Crippen molar-refractivity contribution >= 4 is 5.78 Å². The average molecular weight is 233 g/mol. The molecule has 1 aromatic carbocycles. The van der Waals surface area contributed by atoms with E-state index in [0.29, 0.717) is 12.3 Å². The Balaban J connectivity index is 2.60. The summed E-state index contributed by atoms with van der Waals surface area (Å²) in [5, 5.41) is 3.17. The molecule has 0 heterocycles. The molecule has 1 aromatic rings. The van der Waals surface area contributed by atoms with E-state index >= 15 is 0 Å². The molecule has 1 N–H and O–H groups in total. The summed E-state index contributed by atoms with van der Waals surface area (Å²) in [6.07, 6.45) is 1.62. The van der Waals surface area contributed by atoms with E-state index in [4.69, 9.17) is 0 Å². The number of carbonyl (C=O) groups is 1. The summed E-state index contributed by atoms with van der Waals surface area (Å²) in [6.45, 7) is 8.12. The van der Waals surface area contributed by atoms with E-state index in [1.54, 1.807) is 0 Å². The first kappa shape index (κ1) is 13.9. The number of nitrogens with one attached hydrogen (secondary N) is 1. The highest BCUT2D eigenvalue weighted by Gasteiger charge is 2.06. The van der Waals surface area contributed by atoms with E-state index in [1.807, 2.05) is 25.1 Å². The van der Waals surface area contributed by atoms with Crippen molar-refractivity contribution in [2.24, 2.45) is 5.92 Å². The lowest BCUT2D eigenvalue weighted by Gasteiger charge is -2.07. The number of ketones is 1. The molecule has 0 aliphatic rings. The molecule has 0 bridgehead atoms. The van der Waals surface area contributed by atoms with Gasteiger partial charge >= 0.3 is 0 Å². The largest absolute Gasteiger partial charge is 0.317 e. The topological polar surface area (TPSA) is 29.1 Å². The second-order valence-corrected chi connectivity index (χ2v) is 4.83. The lowest BCUT2D eigenvalue weighted by atomic mass is 9.99. The maximum atomic E-state index is 11.9. The van der Waals surface area contributed by atoms with Gasteiger partial charge in [-0.3, -0.25) is 4.79 Å². The van der Waals surface area contributed by atoms with E-state index < -0.39 is 0 Å². The summed E-state index contributed by atoms with van der Waals surface area (Å²) in [7, 11) is 0. The van der Waals surface area contributed by atoms with Gasteiger partial charge in [0.1, 0.15) is 0 Å². The zero-order chi connectivity index (χ0) is 12.7. The Morgan fingerprint density at radius 1 is 1.35 bits per heavy atom. The Bertz CT molecular complexity index is 358. The van der Waals surface area contributed by atoms with Crippen molar-refractivity contribution in [3.63, 3.8) is 0 Å². The smallest absolute Gasteiger partial charge is 0.164 e. The minimum absolute atomic E-state index is 0.233. The number of rotatable bonds is 7. The molecule has 0 radical (unpaired) electrons. The molecule has 0 atom stereocenters. The van der Waals surface area contributed by atoms with Crippen molar-refractivity contribution < 1.29 is 4.79 Å². The molecule has 0 spiro atoms. The quantitative estimate of drug-likeness (QED) is 0.579. The Morgan fingerprint density at radius 3 is 2.76 bits per heavy atom. The molecule has 0 unspecified atom stereocenters. The Labute approximate surface area is 104 Å². The third-order valence-corrected chi connectivity index (χ3v) is 2.67. The first-order chi connectivity index (χ1) is 8.13. The highest BCUT2D eigenvalue weighted by molar-refractivity contribution is 5.96. The molecule has 0 amide bonds. The average Bonchev–Trinajstić information content (AvgIpc) is 2.28. The van der Waals surface area contributed by atoms with Gasteiger partial charge in [0.25, 0.3) is 0 Å².